The lowest BCUT2D eigenvalue weighted by atomic mass is 9.99. The Bertz CT molecular complexity index is 841. The van der Waals surface area contributed by atoms with E-state index < -0.39 is 0 Å². The first-order chi connectivity index (χ1) is 12.6. The van der Waals surface area contributed by atoms with E-state index in [9.17, 15) is 9.59 Å². The van der Waals surface area contributed by atoms with Crippen LogP contribution in [0.4, 0.5) is 11.4 Å². The molecule has 7 heteroatoms. The molecule has 0 atom stereocenters. The van der Waals surface area contributed by atoms with Crippen LogP contribution in [0.5, 0.6) is 0 Å². The van der Waals surface area contributed by atoms with Crippen molar-refractivity contribution in [2.75, 3.05) is 23.7 Å². The molecule has 0 spiro atoms. The van der Waals surface area contributed by atoms with Gasteiger partial charge in [-0.15, -0.1) is 23.7 Å². The number of aryl methyl sites for hydroxylation is 2. The number of nitrogen functional groups attached to an aromatic ring is 1. The molecule has 144 valence electrons. The molecule has 0 saturated heterocycles. The third-order valence-corrected chi connectivity index (χ3v) is 6.44. The molecule has 0 bridgehead atoms. The second kappa shape index (κ2) is 8.31. The Morgan fingerprint density at radius 1 is 1.15 bits per heavy atom. The van der Waals surface area contributed by atoms with Crippen LogP contribution < -0.4 is 16.0 Å². The van der Waals surface area contributed by atoms with Crippen molar-refractivity contribution in [1.29, 1.82) is 0 Å². The largest absolute Gasteiger partial charge is 0.398 e. The van der Waals surface area contributed by atoms with Crippen molar-refractivity contribution >= 4 is 46.9 Å². The number of carbonyl (C=O) groups excluding carboxylic acids is 2. The van der Waals surface area contributed by atoms with Crippen LogP contribution >= 0.6 is 23.7 Å². The molecule has 2 aliphatic rings. The number of nitrogens with two attached hydrogens (primary N) is 1. The number of anilines is 2. The summed E-state index contributed by atoms with van der Waals surface area (Å²) < 4.78 is 0. The van der Waals surface area contributed by atoms with Gasteiger partial charge in [0.15, 0.2) is 0 Å². The highest BCUT2D eigenvalue weighted by atomic mass is 35.5. The minimum absolute atomic E-state index is 0. The fourth-order valence-corrected chi connectivity index (χ4v) is 5.02. The first kappa shape index (κ1) is 19.7. The van der Waals surface area contributed by atoms with E-state index in [1.54, 1.807) is 16.2 Å². The van der Waals surface area contributed by atoms with E-state index in [2.05, 4.69) is 5.32 Å². The fraction of sp³-hybridized carbons (Fsp3) is 0.400. The van der Waals surface area contributed by atoms with Crippen molar-refractivity contribution in [2.24, 2.45) is 0 Å². The van der Waals surface area contributed by atoms with Crippen LogP contribution in [0, 0.1) is 0 Å². The smallest absolute Gasteiger partial charge is 0.261 e. The number of amides is 2. The van der Waals surface area contributed by atoms with Gasteiger partial charge in [0, 0.05) is 22.8 Å². The minimum Gasteiger partial charge on any atom is -0.398 e. The van der Waals surface area contributed by atoms with E-state index >= 15 is 0 Å². The topological polar surface area (TPSA) is 75.4 Å². The fourth-order valence-electron chi connectivity index (χ4n) is 3.85. The van der Waals surface area contributed by atoms with Gasteiger partial charge in [-0.2, -0.15) is 0 Å². The van der Waals surface area contributed by atoms with Gasteiger partial charge in [-0.05, 0) is 67.9 Å². The number of hydrogen-bond donors (Lipinski definition) is 2. The third kappa shape index (κ3) is 3.96. The molecule has 0 unspecified atom stereocenters. The molecule has 1 aliphatic heterocycles. The standard InChI is InChI=1S/C20H23N3O2S.ClH/c21-15-7-3-8-16-14(15)6-4-10-23(16)19(24)12-22-20(25)18-11-13-5-1-2-9-17(13)26-18;/h3,7-8,11H,1-2,4-6,9-10,12,21H2,(H,22,25);1H. The molecule has 4 rings (SSSR count). The minimum atomic E-state index is -0.150. The molecule has 0 fully saturated rings. The van der Waals surface area contributed by atoms with E-state index in [1.165, 1.54) is 23.3 Å². The summed E-state index contributed by atoms with van der Waals surface area (Å²) in [7, 11) is 0. The summed E-state index contributed by atoms with van der Waals surface area (Å²) in [5.41, 5.74) is 9.99. The molecule has 1 aromatic carbocycles. The predicted molar refractivity (Wildman–Crippen MR) is 112 cm³/mol. The maximum Gasteiger partial charge on any atom is 0.261 e. The Hall–Kier alpha value is -2.05. The van der Waals surface area contributed by atoms with Crippen LogP contribution in [0.2, 0.25) is 0 Å². The van der Waals surface area contributed by atoms with E-state index in [0.717, 1.165) is 42.6 Å². The molecule has 3 N–H and O–H groups in total. The van der Waals surface area contributed by atoms with Gasteiger partial charge in [0.2, 0.25) is 5.91 Å². The van der Waals surface area contributed by atoms with Gasteiger partial charge in [0.05, 0.1) is 11.4 Å². The SMILES string of the molecule is Cl.Nc1cccc2c1CCCN2C(=O)CNC(=O)c1cc2c(s1)CCCC2. The highest BCUT2D eigenvalue weighted by Gasteiger charge is 2.24. The van der Waals surface area contributed by atoms with Gasteiger partial charge >= 0.3 is 0 Å². The van der Waals surface area contributed by atoms with E-state index in [0.29, 0.717) is 11.4 Å². The second-order valence-electron chi connectivity index (χ2n) is 6.94. The zero-order valence-corrected chi connectivity index (χ0v) is 16.8. The number of carbonyl (C=O) groups is 2. The average Bonchev–Trinajstić information content (AvgIpc) is 3.10. The molecule has 1 aromatic heterocycles. The van der Waals surface area contributed by atoms with Gasteiger partial charge in [-0.3, -0.25) is 9.59 Å². The van der Waals surface area contributed by atoms with E-state index in [-0.39, 0.29) is 30.8 Å². The predicted octanol–water partition coefficient (Wildman–Crippen LogP) is 3.34. The van der Waals surface area contributed by atoms with Crippen molar-refractivity contribution in [3.05, 3.63) is 45.1 Å². The summed E-state index contributed by atoms with van der Waals surface area (Å²) in [4.78, 5) is 28.9. The van der Waals surface area contributed by atoms with Gasteiger partial charge in [-0.25, -0.2) is 0 Å². The highest BCUT2D eigenvalue weighted by molar-refractivity contribution is 7.14. The van der Waals surface area contributed by atoms with Crippen molar-refractivity contribution in [1.82, 2.24) is 5.32 Å². The van der Waals surface area contributed by atoms with Crippen LogP contribution in [0.3, 0.4) is 0 Å². The lowest BCUT2D eigenvalue weighted by molar-refractivity contribution is -0.117. The van der Waals surface area contributed by atoms with Crippen molar-refractivity contribution in [3.8, 4) is 0 Å². The van der Waals surface area contributed by atoms with E-state index in [1.807, 2.05) is 24.3 Å². The summed E-state index contributed by atoms with van der Waals surface area (Å²) in [6, 6.07) is 7.66. The third-order valence-electron chi connectivity index (χ3n) is 5.21. The number of nitrogens with one attached hydrogen (secondary N) is 1. The number of thiophene rings is 1. The summed E-state index contributed by atoms with van der Waals surface area (Å²) in [6.45, 7) is 0.675. The molecule has 2 heterocycles. The number of halogens is 1. The lowest BCUT2D eigenvalue weighted by Crippen LogP contribution is -2.42. The number of benzene rings is 1. The molecule has 1 aliphatic carbocycles. The second-order valence-corrected chi connectivity index (χ2v) is 8.08. The van der Waals surface area contributed by atoms with Crippen LogP contribution in [-0.2, 0) is 24.1 Å². The summed E-state index contributed by atoms with van der Waals surface area (Å²) >= 11 is 1.57. The lowest BCUT2D eigenvalue weighted by Gasteiger charge is -2.30. The van der Waals surface area contributed by atoms with Crippen LogP contribution in [-0.4, -0.2) is 24.9 Å². The molecular weight excluding hydrogens is 382 g/mol. The average molecular weight is 406 g/mol. The van der Waals surface area contributed by atoms with E-state index in [4.69, 9.17) is 5.73 Å². The molecule has 5 nitrogen and oxygen atoms in total. The van der Waals surface area contributed by atoms with Crippen molar-refractivity contribution in [2.45, 2.75) is 38.5 Å². The number of rotatable bonds is 3. The van der Waals surface area contributed by atoms with Gasteiger partial charge in [0.1, 0.15) is 0 Å². The first-order valence-electron chi connectivity index (χ1n) is 9.21. The number of hydrogen-bond acceptors (Lipinski definition) is 4. The molecule has 0 saturated carbocycles. The molecular formula is C20H24ClN3O2S. The van der Waals surface area contributed by atoms with Crippen LogP contribution in [0.15, 0.2) is 24.3 Å². The first-order valence-corrected chi connectivity index (χ1v) is 10.0. The van der Waals surface area contributed by atoms with Crippen LogP contribution in [0.25, 0.3) is 0 Å². The zero-order valence-electron chi connectivity index (χ0n) is 15.1. The van der Waals surface area contributed by atoms with Crippen molar-refractivity contribution in [3.63, 3.8) is 0 Å². The van der Waals surface area contributed by atoms with Gasteiger partial charge in [0.25, 0.3) is 5.91 Å². The number of fused-ring (bicyclic) bond motifs is 2. The Kier molecular flexibility index (Phi) is 6.07. The number of nitrogens with zero attached hydrogens (tertiary/aromatic N) is 1. The molecule has 27 heavy (non-hydrogen) atoms. The maximum atomic E-state index is 12.7. The Labute approximate surface area is 169 Å². The summed E-state index contributed by atoms with van der Waals surface area (Å²) in [6.07, 6.45) is 6.30. The molecule has 0 radical (unpaired) electrons. The normalized spacial score (nSPS) is 15.3. The van der Waals surface area contributed by atoms with Crippen molar-refractivity contribution < 1.29 is 9.59 Å². The molecule has 2 aromatic rings. The monoisotopic (exact) mass is 405 g/mol. The maximum absolute atomic E-state index is 12.7. The molecule has 2 amide bonds. The quantitative estimate of drug-likeness (QED) is 0.769. The van der Waals surface area contributed by atoms with Gasteiger partial charge < -0.3 is 16.0 Å². The zero-order chi connectivity index (χ0) is 18.1. The highest BCUT2D eigenvalue weighted by Crippen LogP contribution is 2.31. The van der Waals surface area contributed by atoms with Crippen LogP contribution in [0.1, 0.15) is 44.9 Å². The Balaban J connectivity index is 0.00000210. The van der Waals surface area contributed by atoms with Gasteiger partial charge in [-0.1, -0.05) is 6.07 Å². The Morgan fingerprint density at radius 3 is 2.78 bits per heavy atom. The summed E-state index contributed by atoms with van der Waals surface area (Å²) in [5, 5.41) is 2.80. The summed E-state index contributed by atoms with van der Waals surface area (Å²) in [5.74, 6) is -0.242. The Morgan fingerprint density at radius 2 is 1.96 bits per heavy atom.